The molecule has 0 amide bonds. The van der Waals surface area contributed by atoms with Crippen LogP contribution in [0.1, 0.15) is 32.2 Å². The van der Waals surface area contributed by atoms with E-state index < -0.39 is 0 Å². The molecule has 2 aromatic rings. The highest BCUT2D eigenvalue weighted by Crippen LogP contribution is 2.23. The van der Waals surface area contributed by atoms with Crippen molar-refractivity contribution in [1.29, 1.82) is 0 Å². The van der Waals surface area contributed by atoms with Crippen LogP contribution < -0.4 is 0 Å². The van der Waals surface area contributed by atoms with Crippen molar-refractivity contribution in [1.82, 2.24) is 14.6 Å². The van der Waals surface area contributed by atoms with Crippen LogP contribution in [0.3, 0.4) is 0 Å². The Hall–Kier alpha value is -1.13. The zero-order valence-electron chi connectivity index (χ0n) is 10.5. The molecule has 0 bridgehead atoms. The van der Waals surface area contributed by atoms with Gasteiger partial charge in [-0.05, 0) is 6.07 Å². The molecule has 2 rings (SSSR count). The van der Waals surface area contributed by atoms with Crippen LogP contribution in [0.15, 0.2) is 12.1 Å². The van der Waals surface area contributed by atoms with Crippen LogP contribution in [0.25, 0.3) is 5.65 Å². The number of rotatable bonds is 2. The van der Waals surface area contributed by atoms with Gasteiger partial charge < -0.3 is 4.74 Å². The second-order valence-corrected chi connectivity index (χ2v) is 5.44. The summed E-state index contributed by atoms with van der Waals surface area (Å²) in [5.74, 6) is 0. The SMILES string of the molecule is COCc1cc(Cl)n2nc(C(C)(C)C)cc2n1. The summed E-state index contributed by atoms with van der Waals surface area (Å²) >= 11 is 6.17. The Bertz CT molecular complexity index is 542. The van der Waals surface area contributed by atoms with E-state index in [0.29, 0.717) is 11.8 Å². The molecule has 0 radical (unpaired) electrons. The van der Waals surface area contributed by atoms with Crippen molar-refractivity contribution in [2.75, 3.05) is 7.11 Å². The Labute approximate surface area is 106 Å². The van der Waals surface area contributed by atoms with Gasteiger partial charge in [-0.1, -0.05) is 32.4 Å². The number of halogens is 1. The van der Waals surface area contributed by atoms with Crippen molar-refractivity contribution in [3.05, 3.63) is 28.7 Å². The van der Waals surface area contributed by atoms with Crippen LogP contribution in [0.4, 0.5) is 0 Å². The Morgan fingerprint density at radius 3 is 2.65 bits per heavy atom. The second-order valence-electron chi connectivity index (χ2n) is 5.05. The van der Waals surface area contributed by atoms with Crippen LogP contribution in [0.2, 0.25) is 5.15 Å². The van der Waals surface area contributed by atoms with E-state index in [1.54, 1.807) is 17.7 Å². The first kappa shape index (κ1) is 12.3. The lowest BCUT2D eigenvalue weighted by Crippen LogP contribution is -2.11. The number of aromatic nitrogens is 3. The van der Waals surface area contributed by atoms with Crippen LogP contribution in [0, 0.1) is 0 Å². The fourth-order valence-electron chi connectivity index (χ4n) is 1.57. The number of methoxy groups -OCH3 is 1. The Kier molecular flexibility index (Phi) is 3.10. The van der Waals surface area contributed by atoms with Crippen molar-refractivity contribution >= 4 is 17.2 Å². The van der Waals surface area contributed by atoms with Gasteiger partial charge in [-0.2, -0.15) is 5.10 Å². The summed E-state index contributed by atoms with van der Waals surface area (Å²) in [5.41, 5.74) is 2.53. The van der Waals surface area contributed by atoms with Crippen molar-refractivity contribution in [2.24, 2.45) is 0 Å². The molecule has 17 heavy (non-hydrogen) atoms. The molecule has 0 saturated heterocycles. The number of fused-ring (bicyclic) bond motifs is 1. The summed E-state index contributed by atoms with van der Waals surface area (Å²) in [7, 11) is 1.64. The standard InChI is InChI=1S/C12H16ClN3O/c1-12(2,3)9-6-11-14-8(7-17-4)5-10(13)16(11)15-9/h5-6H,7H2,1-4H3. The van der Waals surface area contributed by atoms with Gasteiger partial charge in [0.15, 0.2) is 5.65 Å². The fourth-order valence-corrected chi connectivity index (χ4v) is 1.82. The van der Waals surface area contributed by atoms with Gasteiger partial charge in [0.25, 0.3) is 0 Å². The highest BCUT2D eigenvalue weighted by Gasteiger charge is 2.19. The second kappa shape index (κ2) is 4.27. The number of nitrogens with zero attached hydrogens (tertiary/aromatic N) is 3. The highest BCUT2D eigenvalue weighted by molar-refractivity contribution is 6.29. The van der Waals surface area contributed by atoms with Crippen molar-refractivity contribution in [3.8, 4) is 0 Å². The third kappa shape index (κ3) is 2.42. The summed E-state index contributed by atoms with van der Waals surface area (Å²) < 4.78 is 6.71. The van der Waals surface area contributed by atoms with E-state index in [0.717, 1.165) is 17.0 Å². The zero-order valence-corrected chi connectivity index (χ0v) is 11.2. The van der Waals surface area contributed by atoms with Gasteiger partial charge in [0.2, 0.25) is 0 Å². The topological polar surface area (TPSA) is 39.4 Å². The van der Waals surface area contributed by atoms with Crippen LogP contribution >= 0.6 is 11.6 Å². The van der Waals surface area contributed by atoms with E-state index in [1.165, 1.54) is 0 Å². The predicted molar refractivity (Wildman–Crippen MR) is 67.4 cm³/mol. The molecule has 0 spiro atoms. The molecule has 0 saturated carbocycles. The fraction of sp³-hybridized carbons (Fsp3) is 0.500. The molecule has 5 heteroatoms. The monoisotopic (exact) mass is 253 g/mol. The Morgan fingerprint density at radius 2 is 2.06 bits per heavy atom. The third-order valence-electron chi connectivity index (χ3n) is 2.50. The third-order valence-corrected chi connectivity index (χ3v) is 2.77. The van der Waals surface area contributed by atoms with Crippen molar-refractivity contribution in [3.63, 3.8) is 0 Å². The first-order valence-corrected chi connectivity index (χ1v) is 5.84. The predicted octanol–water partition coefficient (Wildman–Crippen LogP) is 2.83. The first-order valence-electron chi connectivity index (χ1n) is 5.46. The van der Waals surface area contributed by atoms with Crippen molar-refractivity contribution in [2.45, 2.75) is 32.8 Å². The molecule has 0 atom stereocenters. The molecular formula is C12H16ClN3O. The lowest BCUT2D eigenvalue weighted by atomic mass is 9.93. The molecule has 4 nitrogen and oxygen atoms in total. The van der Waals surface area contributed by atoms with Gasteiger partial charge in [0.05, 0.1) is 18.0 Å². The molecule has 0 unspecified atom stereocenters. The maximum absolute atomic E-state index is 6.17. The summed E-state index contributed by atoms with van der Waals surface area (Å²) in [6.45, 7) is 6.78. The molecule has 2 heterocycles. The van der Waals surface area contributed by atoms with E-state index in [2.05, 4.69) is 30.9 Å². The summed E-state index contributed by atoms with van der Waals surface area (Å²) in [5, 5.41) is 5.02. The number of hydrogen-bond acceptors (Lipinski definition) is 3. The minimum atomic E-state index is -0.0154. The van der Waals surface area contributed by atoms with Gasteiger partial charge in [-0.15, -0.1) is 0 Å². The van der Waals surface area contributed by atoms with Gasteiger partial charge in [-0.25, -0.2) is 9.50 Å². The van der Waals surface area contributed by atoms with E-state index in [9.17, 15) is 0 Å². The Balaban J connectivity index is 2.57. The maximum Gasteiger partial charge on any atom is 0.157 e. The molecule has 2 aromatic heterocycles. The lowest BCUT2D eigenvalue weighted by molar-refractivity contribution is 0.181. The largest absolute Gasteiger partial charge is 0.378 e. The quantitative estimate of drug-likeness (QED) is 0.773. The molecule has 0 aliphatic rings. The number of ether oxygens (including phenoxy) is 1. The molecule has 0 aromatic carbocycles. The van der Waals surface area contributed by atoms with Crippen LogP contribution in [0.5, 0.6) is 0 Å². The lowest BCUT2D eigenvalue weighted by Gasteiger charge is -2.13. The highest BCUT2D eigenvalue weighted by atomic mass is 35.5. The average molecular weight is 254 g/mol. The molecular weight excluding hydrogens is 238 g/mol. The van der Waals surface area contributed by atoms with Crippen LogP contribution in [-0.4, -0.2) is 21.7 Å². The number of hydrogen-bond donors (Lipinski definition) is 0. The molecule has 0 aliphatic carbocycles. The zero-order chi connectivity index (χ0) is 12.6. The summed E-state index contributed by atoms with van der Waals surface area (Å²) in [4.78, 5) is 4.45. The summed E-state index contributed by atoms with van der Waals surface area (Å²) in [6.07, 6.45) is 0. The maximum atomic E-state index is 6.17. The van der Waals surface area contributed by atoms with E-state index in [1.807, 2.05) is 6.07 Å². The van der Waals surface area contributed by atoms with E-state index in [4.69, 9.17) is 16.3 Å². The minimum Gasteiger partial charge on any atom is -0.378 e. The molecule has 92 valence electrons. The van der Waals surface area contributed by atoms with Gasteiger partial charge >= 0.3 is 0 Å². The van der Waals surface area contributed by atoms with E-state index in [-0.39, 0.29) is 5.41 Å². The van der Waals surface area contributed by atoms with Gasteiger partial charge in [0, 0.05) is 18.6 Å². The first-order chi connectivity index (χ1) is 7.91. The Morgan fingerprint density at radius 1 is 1.35 bits per heavy atom. The minimum absolute atomic E-state index is 0.0154. The summed E-state index contributed by atoms with van der Waals surface area (Å²) in [6, 6.07) is 3.74. The smallest absolute Gasteiger partial charge is 0.157 e. The molecule has 0 N–H and O–H groups in total. The van der Waals surface area contributed by atoms with E-state index >= 15 is 0 Å². The molecule has 0 aliphatic heterocycles. The average Bonchev–Trinajstić information content (AvgIpc) is 2.61. The van der Waals surface area contributed by atoms with Crippen LogP contribution in [-0.2, 0) is 16.8 Å². The van der Waals surface area contributed by atoms with Gasteiger partial charge in [-0.3, -0.25) is 0 Å². The van der Waals surface area contributed by atoms with Crippen molar-refractivity contribution < 1.29 is 4.74 Å². The van der Waals surface area contributed by atoms with Gasteiger partial charge in [0.1, 0.15) is 5.15 Å². The molecule has 0 fully saturated rings. The normalized spacial score (nSPS) is 12.3.